The average molecular weight is 268 g/mol. The number of hydrogen-bond acceptors (Lipinski definition) is 2. The molecule has 102 valence electrons. The molecule has 1 aromatic rings. The Morgan fingerprint density at radius 1 is 1.17 bits per heavy atom. The number of nitrogens with two attached hydrogens (primary N) is 1. The number of halogens is 5. The van der Waals surface area contributed by atoms with Crippen LogP contribution in [-0.4, -0.2) is 19.3 Å². The Balaban J connectivity index is 3.11. The van der Waals surface area contributed by atoms with Crippen molar-refractivity contribution in [3.05, 3.63) is 29.3 Å². The Morgan fingerprint density at radius 2 is 1.78 bits per heavy atom. The summed E-state index contributed by atoms with van der Waals surface area (Å²) >= 11 is 0. The predicted molar refractivity (Wildman–Crippen MR) is 58.2 cm³/mol. The number of alkyl halides is 3. The maximum Gasteiger partial charge on any atom is 0.405 e. The lowest BCUT2D eigenvalue weighted by atomic mass is 10.1. The van der Waals surface area contributed by atoms with Gasteiger partial charge in [0, 0.05) is 18.7 Å². The van der Waals surface area contributed by atoms with Gasteiger partial charge in [0.05, 0.1) is 5.69 Å². The molecular weight excluding hydrogens is 255 g/mol. The van der Waals surface area contributed by atoms with E-state index in [1.165, 1.54) is 13.0 Å². The van der Waals surface area contributed by atoms with Crippen molar-refractivity contribution in [2.75, 3.05) is 18.0 Å². The Bertz CT molecular complexity index is 417. The zero-order chi connectivity index (χ0) is 13.9. The van der Waals surface area contributed by atoms with Gasteiger partial charge in [0.1, 0.15) is 6.54 Å². The van der Waals surface area contributed by atoms with E-state index in [2.05, 4.69) is 0 Å². The fourth-order valence-electron chi connectivity index (χ4n) is 1.56. The molecule has 0 aliphatic heterocycles. The van der Waals surface area contributed by atoms with E-state index in [-0.39, 0.29) is 18.7 Å². The number of hydrogen-bond donors (Lipinski definition) is 1. The largest absolute Gasteiger partial charge is 0.405 e. The molecule has 18 heavy (non-hydrogen) atoms. The van der Waals surface area contributed by atoms with Crippen LogP contribution in [0.3, 0.4) is 0 Å². The quantitative estimate of drug-likeness (QED) is 0.851. The molecule has 0 heterocycles. The highest BCUT2D eigenvalue weighted by molar-refractivity contribution is 5.50. The monoisotopic (exact) mass is 268 g/mol. The molecule has 0 spiro atoms. The lowest BCUT2D eigenvalue weighted by molar-refractivity contribution is -0.119. The predicted octanol–water partition coefficient (Wildman–Crippen LogP) is 2.81. The molecule has 0 atom stereocenters. The smallest absolute Gasteiger partial charge is 0.360 e. The zero-order valence-electron chi connectivity index (χ0n) is 9.69. The summed E-state index contributed by atoms with van der Waals surface area (Å²) in [6, 6.07) is 2.29. The standard InChI is InChI=1S/C11H13F5N2/c1-2-18(6-11(14,15)16)8-4-3-7(5-17)9(12)10(8)13/h3-4H,2,5-6,17H2,1H3. The third kappa shape index (κ3) is 3.32. The van der Waals surface area contributed by atoms with Crippen molar-refractivity contribution in [1.82, 2.24) is 0 Å². The first-order chi connectivity index (χ1) is 8.30. The lowest BCUT2D eigenvalue weighted by Gasteiger charge is -2.25. The summed E-state index contributed by atoms with van der Waals surface area (Å²) in [4.78, 5) is 0.721. The molecule has 0 radical (unpaired) electrons. The minimum Gasteiger partial charge on any atom is -0.360 e. The normalized spacial score (nSPS) is 11.7. The van der Waals surface area contributed by atoms with Gasteiger partial charge < -0.3 is 10.6 Å². The number of nitrogens with zero attached hydrogens (tertiary/aromatic N) is 1. The first-order valence-electron chi connectivity index (χ1n) is 5.28. The lowest BCUT2D eigenvalue weighted by Crippen LogP contribution is -2.34. The van der Waals surface area contributed by atoms with Gasteiger partial charge in [-0.25, -0.2) is 8.78 Å². The average Bonchev–Trinajstić information content (AvgIpc) is 2.29. The van der Waals surface area contributed by atoms with Crippen molar-refractivity contribution in [2.45, 2.75) is 19.6 Å². The molecule has 2 N–H and O–H groups in total. The molecule has 7 heteroatoms. The van der Waals surface area contributed by atoms with Crippen molar-refractivity contribution in [3.8, 4) is 0 Å². The fourth-order valence-corrected chi connectivity index (χ4v) is 1.56. The molecule has 0 saturated heterocycles. The van der Waals surface area contributed by atoms with Crippen molar-refractivity contribution < 1.29 is 22.0 Å². The SMILES string of the molecule is CCN(CC(F)(F)F)c1ccc(CN)c(F)c1F. The van der Waals surface area contributed by atoms with Crippen LogP contribution in [0.4, 0.5) is 27.6 Å². The molecule has 0 amide bonds. The third-order valence-electron chi connectivity index (χ3n) is 2.45. The molecular formula is C11H13F5N2. The van der Waals surface area contributed by atoms with E-state index in [1.54, 1.807) is 0 Å². The van der Waals surface area contributed by atoms with Gasteiger partial charge in [-0.1, -0.05) is 6.07 Å². The van der Waals surface area contributed by atoms with Crippen molar-refractivity contribution in [2.24, 2.45) is 5.73 Å². The second-order valence-electron chi connectivity index (χ2n) is 3.71. The van der Waals surface area contributed by atoms with Gasteiger partial charge in [-0.2, -0.15) is 13.2 Å². The van der Waals surface area contributed by atoms with Crippen LogP contribution in [0, 0.1) is 11.6 Å². The maximum atomic E-state index is 13.6. The van der Waals surface area contributed by atoms with Crippen molar-refractivity contribution in [1.29, 1.82) is 0 Å². The summed E-state index contributed by atoms with van der Waals surface area (Å²) in [6.07, 6.45) is -4.48. The van der Waals surface area contributed by atoms with Crippen LogP contribution in [-0.2, 0) is 6.54 Å². The molecule has 0 unspecified atom stereocenters. The van der Waals surface area contributed by atoms with E-state index < -0.39 is 30.0 Å². The van der Waals surface area contributed by atoms with Crippen LogP contribution in [0.25, 0.3) is 0 Å². The van der Waals surface area contributed by atoms with Crippen LogP contribution in [0.15, 0.2) is 12.1 Å². The minimum absolute atomic E-state index is 0.0701. The molecule has 2 nitrogen and oxygen atoms in total. The van der Waals surface area contributed by atoms with Gasteiger partial charge in [0.2, 0.25) is 0 Å². The summed E-state index contributed by atoms with van der Waals surface area (Å²) in [5.74, 6) is -2.50. The van der Waals surface area contributed by atoms with Gasteiger partial charge in [-0.15, -0.1) is 0 Å². The molecule has 0 fully saturated rings. The first kappa shape index (κ1) is 14.7. The van der Waals surface area contributed by atoms with E-state index in [9.17, 15) is 22.0 Å². The Hall–Kier alpha value is -1.37. The molecule has 0 bridgehead atoms. The summed E-state index contributed by atoms with van der Waals surface area (Å²) in [5.41, 5.74) is 4.70. The third-order valence-corrected chi connectivity index (χ3v) is 2.45. The van der Waals surface area contributed by atoms with Crippen LogP contribution in [0.1, 0.15) is 12.5 Å². The summed E-state index contributed by atoms with van der Waals surface area (Å²) < 4.78 is 63.9. The molecule has 0 aliphatic rings. The highest BCUT2D eigenvalue weighted by Gasteiger charge is 2.31. The maximum absolute atomic E-state index is 13.6. The van der Waals surface area contributed by atoms with E-state index >= 15 is 0 Å². The topological polar surface area (TPSA) is 29.3 Å². The summed E-state index contributed by atoms with van der Waals surface area (Å²) in [6.45, 7) is -0.200. The second-order valence-corrected chi connectivity index (χ2v) is 3.71. The van der Waals surface area contributed by atoms with Crippen molar-refractivity contribution in [3.63, 3.8) is 0 Å². The Labute approximate surface area is 101 Å². The second kappa shape index (κ2) is 5.51. The highest BCUT2D eigenvalue weighted by Crippen LogP contribution is 2.27. The van der Waals surface area contributed by atoms with Gasteiger partial charge >= 0.3 is 6.18 Å². The van der Waals surface area contributed by atoms with E-state index in [4.69, 9.17) is 5.73 Å². The van der Waals surface area contributed by atoms with Gasteiger partial charge in [-0.05, 0) is 13.0 Å². The van der Waals surface area contributed by atoms with E-state index in [0.717, 1.165) is 11.0 Å². The Morgan fingerprint density at radius 3 is 2.22 bits per heavy atom. The zero-order valence-corrected chi connectivity index (χ0v) is 9.69. The number of benzene rings is 1. The first-order valence-corrected chi connectivity index (χ1v) is 5.28. The summed E-state index contributed by atoms with van der Waals surface area (Å²) in [7, 11) is 0. The fraction of sp³-hybridized carbons (Fsp3) is 0.455. The van der Waals surface area contributed by atoms with Gasteiger partial charge in [0.25, 0.3) is 0 Å². The van der Waals surface area contributed by atoms with Gasteiger partial charge in [-0.3, -0.25) is 0 Å². The number of anilines is 1. The number of rotatable bonds is 4. The van der Waals surface area contributed by atoms with E-state index in [1.807, 2.05) is 0 Å². The van der Waals surface area contributed by atoms with Gasteiger partial charge in [0.15, 0.2) is 11.6 Å². The highest BCUT2D eigenvalue weighted by atomic mass is 19.4. The minimum atomic E-state index is -4.48. The van der Waals surface area contributed by atoms with Crippen LogP contribution in [0.2, 0.25) is 0 Å². The van der Waals surface area contributed by atoms with Crippen LogP contribution >= 0.6 is 0 Å². The Kier molecular flexibility index (Phi) is 4.50. The van der Waals surface area contributed by atoms with Crippen molar-refractivity contribution >= 4 is 5.69 Å². The van der Waals surface area contributed by atoms with E-state index in [0.29, 0.717) is 0 Å². The molecule has 0 aromatic heterocycles. The molecule has 0 aliphatic carbocycles. The molecule has 1 rings (SSSR count). The summed E-state index contributed by atoms with van der Waals surface area (Å²) in [5, 5.41) is 0. The molecule has 1 aromatic carbocycles. The molecule has 0 saturated carbocycles. The van der Waals surface area contributed by atoms with Crippen LogP contribution in [0.5, 0.6) is 0 Å². The van der Waals surface area contributed by atoms with Crippen LogP contribution < -0.4 is 10.6 Å².